The number of amides is 1. The Hall–Kier alpha value is -2.77. The Morgan fingerprint density at radius 2 is 2.04 bits per heavy atom. The molecule has 0 aliphatic rings. The van der Waals surface area contributed by atoms with Crippen LogP contribution in [0.5, 0.6) is 0 Å². The minimum absolute atomic E-state index is 0.226. The van der Waals surface area contributed by atoms with Crippen molar-refractivity contribution in [2.75, 3.05) is 0 Å². The first-order chi connectivity index (χ1) is 10.9. The number of carboxylic acid groups (broad SMARTS) is 1. The van der Waals surface area contributed by atoms with Crippen LogP contribution >= 0.6 is 0 Å². The summed E-state index contributed by atoms with van der Waals surface area (Å²) < 4.78 is 0.924. The maximum atomic E-state index is 12.2. The Labute approximate surface area is 132 Å². The number of benzene rings is 1. The molecule has 0 aliphatic carbocycles. The summed E-state index contributed by atoms with van der Waals surface area (Å²) in [4.78, 5) is 35.5. The largest absolute Gasteiger partial charge is 0.480 e. The van der Waals surface area contributed by atoms with Crippen LogP contribution in [0.25, 0.3) is 10.9 Å². The smallest absolute Gasteiger partial charge is 0.326 e. The van der Waals surface area contributed by atoms with Crippen LogP contribution in [0.3, 0.4) is 0 Å². The lowest BCUT2D eigenvalue weighted by Gasteiger charge is -2.20. The van der Waals surface area contributed by atoms with E-state index in [9.17, 15) is 19.5 Å². The van der Waals surface area contributed by atoms with Crippen LogP contribution in [0.2, 0.25) is 0 Å². The average molecular weight is 318 g/mol. The van der Waals surface area contributed by atoms with E-state index in [1.807, 2.05) is 6.92 Å². The monoisotopic (exact) mass is 318 g/mol. The van der Waals surface area contributed by atoms with Crippen LogP contribution < -0.4 is 10.9 Å². The van der Waals surface area contributed by atoms with Gasteiger partial charge in [-0.05, 0) is 18.1 Å². The third kappa shape index (κ3) is 3.71. The molecule has 0 saturated heterocycles. The summed E-state index contributed by atoms with van der Waals surface area (Å²) in [7, 11) is 0. The third-order valence-electron chi connectivity index (χ3n) is 3.72. The maximum Gasteiger partial charge on any atom is 0.326 e. The number of nitrogens with zero attached hydrogens (tertiary/aromatic N) is 3. The molecule has 0 unspecified atom stereocenters. The van der Waals surface area contributed by atoms with E-state index in [0.717, 1.165) is 4.68 Å². The molecule has 1 heterocycles. The summed E-state index contributed by atoms with van der Waals surface area (Å²) in [5.41, 5.74) is -0.00154. The summed E-state index contributed by atoms with van der Waals surface area (Å²) in [6.45, 7) is 3.20. The van der Waals surface area contributed by atoms with Crippen molar-refractivity contribution in [1.29, 1.82) is 0 Å². The van der Waals surface area contributed by atoms with Gasteiger partial charge in [0.2, 0.25) is 5.91 Å². The van der Waals surface area contributed by atoms with Gasteiger partial charge in [0.1, 0.15) is 18.1 Å². The van der Waals surface area contributed by atoms with E-state index < -0.39 is 23.5 Å². The molecule has 122 valence electrons. The first-order valence-corrected chi connectivity index (χ1v) is 7.28. The molecule has 23 heavy (non-hydrogen) atoms. The molecule has 2 atom stereocenters. The normalized spacial score (nSPS) is 13.5. The fourth-order valence-electron chi connectivity index (χ4n) is 2.17. The van der Waals surface area contributed by atoms with Gasteiger partial charge < -0.3 is 10.4 Å². The van der Waals surface area contributed by atoms with Crippen LogP contribution in [0.15, 0.2) is 29.1 Å². The second-order valence-electron chi connectivity index (χ2n) is 5.34. The average Bonchev–Trinajstić information content (AvgIpc) is 2.54. The summed E-state index contributed by atoms with van der Waals surface area (Å²) in [5.74, 6) is -1.93. The van der Waals surface area contributed by atoms with E-state index in [2.05, 4.69) is 15.6 Å². The van der Waals surface area contributed by atoms with Gasteiger partial charge in [0.05, 0.1) is 5.39 Å². The molecule has 0 bridgehead atoms. The highest BCUT2D eigenvalue weighted by Crippen LogP contribution is 2.08. The first kappa shape index (κ1) is 16.6. The molecule has 2 aromatic rings. The molecule has 0 spiro atoms. The van der Waals surface area contributed by atoms with Gasteiger partial charge in [-0.1, -0.05) is 37.6 Å². The molecule has 8 heteroatoms. The highest BCUT2D eigenvalue weighted by Gasteiger charge is 2.25. The van der Waals surface area contributed by atoms with Crippen LogP contribution in [0.1, 0.15) is 20.3 Å². The predicted octanol–water partition coefficient (Wildman–Crippen LogP) is 0.407. The van der Waals surface area contributed by atoms with Crippen molar-refractivity contribution in [3.8, 4) is 0 Å². The zero-order valence-electron chi connectivity index (χ0n) is 12.9. The van der Waals surface area contributed by atoms with Gasteiger partial charge >= 0.3 is 5.97 Å². The number of hydrogen-bond acceptors (Lipinski definition) is 5. The lowest BCUT2D eigenvalue weighted by Crippen LogP contribution is -2.47. The van der Waals surface area contributed by atoms with E-state index in [0.29, 0.717) is 17.3 Å². The number of nitrogens with one attached hydrogen (secondary N) is 1. The predicted molar refractivity (Wildman–Crippen MR) is 82.8 cm³/mol. The Bertz CT molecular complexity index is 786. The highest BCUT2D eigenvalue weighted by atomic mass is 16.4. The van der Waals surface area contributed by atoms with E-state index in [1.165, 1.54) is 0 Å². The third-order valence-corrected chi connectivity index (χ3v) is 3.72. The van der Waals surface area contributed by atoms with Crippen LogP contribution in [0.4, 0.5) is 0 Å². The molecule has 0 aliphatic heterocycles. The summed E-state index contributed by atoms with van der Waals surface area (Å²) >= 11 is 0. The zero-order valence-corrected chi connectivity index (χ0v) is 12.9. The number of carbonyl (C=O) groups is 2. The topological polar surface area (TPSA) is 114 Å². The lowest BCUT2D eigenvalue weighted by molar-refractivity contribution is -0.143. The number of fused-ring (bicyclic) bond motifs is 1. The number of carbonyl (C=O) groups excluding carboxylic acids is 1. The van der Waals surface area contributed by atoms with Crippen molar-refractivity contribution in [3.63, 3.8) is 0 Å². The molecule has 1 amide bonds. The summed E-state index contributed by atoms with van der Waals surface area (Å²) in [6, 6.07) is 5.67. The van der Waals surface area contributed by atoms with Crippen molar-refractivity contribution in [2.45, 2.75) is 32.9 Å². The van der Waals surface area contributed by atoms with E-state index >= 15 is 0 Å². The van der Waals surface area contributed by atoms with Gasteiger partial charge in [-0.2, -0.15) is 0 Å². The van der Waals surface area contributed by atoms with Crippen LogP contribution in [-0.2, 0) is 16.1 Å². The molecular formula is C15H18N4O4. The Morgan fingerprint density at radius 1 is 1.35 bits per heavy atom. The van der Waals surface area contributed by atoms with E-state index in [1.54, 1.807) is 31.2 Å². The molecule has 8 nitrogen and oxygen atoms in total. The Morgan fingerprint density at radius 3 is 2.70 bits per heavy atom. The summed E-state index contributed by atoms with van der Waals surface area (Å²) in [6.07, 6.45) is 0.604. The number of hydrogen-bond donors (Lipinski definition) is 2. The highest BCUT2D eigenvalue weighted by molar-refractivity contribution is 5.84. The van der Waals surface area contributed by atoms with Gasteiger partial charge in [-0.3, -0.25) is 9.59 Å². The maximum absolute atomic E-state index is 12.2. The fraction of sp³-hybridized carbons (Fsp3) is 0.400. The number of carboxylic acids is 1. The minimum atomic E-state index is -1.11. The van der Waals surface area contributed by atoms with Gasteiger partial charge in [0.15, 0.2) is 0 Å². The van der Waals surface area contributed by atoms with Crippen molar-refractivity contribution in [3.05, 3.63) is 34.6 Å². The number of aromatic nitrogens is 3. The zero-order chi connectivity index (χ0) is 17.0. The molecular weight excluding hydrogens is 300 g/mol. The molecule has 1 aromatic heterocycles. The molecule has 1 aromatic carbocycles. The fourth-order valence-corrected chi connectivity index (χ4v) is 2.17. The lowest BCUT2D eigenvalue weighted by atomic mass is 9.99. The molecule has 2 N–H and O–H groups in total. The number of rotatable bonds is 6. The van der Waals surface area contributed by atoms with Gasteiger partial charge in [0, 0.05) is 0 Å². The molecule has 0 fully saturated rings. The minimum Gasteiger partial charge on any atom is -0.480 e. The standard InChI is InChI=1S/C15H18N4O4/c1-3-9(2)13(15(22)23)16-12(20)8-19-14(21)10-6-4-5-7-11(10)17-18-19/h4-7,9,13H,3,8H2,1-2H3,(H,16,20)(H,22,23)/t9-,13+/m0/s1. The molecule has 0 radical (unpaired) electrons. The SMILES string of the molecule is CC[C@H](C)[C@@H](NC(=O)Cn1nnc2ccccc2c1=O)C(=O)O. The second kappa shape index (κ2) is 6.99. The van der Waals surface area contributed by atoms with Crippen molar-refractivity contribution >= 4 is 22.8 Å². The molecule has 0 saturated carbocycles. The van der Waals surface area contributed by atoms with E-state index in [4.69, 9.17) is 0 Å². The van der Waals surface area contributed by atoms with Crippen molar-refractivity contribution < 1.29 is 14.7 Å². The summed E-state index contributed by atoms with van der Waals surface area (Å²) in [5, 5.41) is 19.5. The first-order valence-electron chi connectivity index (χ1n) is 7.28. The number of aliphatic carboxylic acids is 1. The Balaban J connectivity index is 2.19. The quantitative estimate of drug-likeness (QED) is 0.797. The van der Waals surface area contributed by atoms with E-state index in [-0.39, 0.29) is 12.5 Å². The molecule has 2 rings (SSSR count). The van der Waals surface area contributed by atoms with Crippen LogP contribution in [-0.4, -0.2) is 38.0 Å². The van der Waals surface area contributed by atoms with Crippen molar-refractivity contribution in [1.82, 2.24) is 20.3 Å². The van der Waals surface area contributed by atoms with Crippen molar-refractivity contribution in [2.24, 2.45) is 5.92 Å². The van der Waals surface area contributed by atoms with Gasteiger partial charge in [-0.15, -0.1) is 5.10 Å². The Kier molecular flexibility index (Phi) is 5.05. The van der Waals surface area contributed by atoms with Gasteiger partial charge in [-0.25, -0.2) is 9.48 Å². The van der Waals surface area contributed by atoms with Gasteiger partial charge in [0.25, 0.3) is 5.56 Å². The second-order valence-corrected chi connectivity index (χ2v) is 5.34. The van der Waals surface area contributed by atoms with Crippen LogP contribution in [0, 0.1) is 5.92 Å².